The summed E-state index contributed by atoms with van der Waals surface area (Å²) >= 11 is 1.56. The third kappa shape index (κ3) is 3.39. The van der Waals surface area contributed by atoms with Crippen LogP contribution in [0, 0.1) is 0 Å². The average molecular weight is 331 g/mol. The van der Waals surface area contributed by atoms with Gasteiger partial charge in [-0.3, -0.25) is 14.6 Å². The van der Waals surface area contributed by atoms with Gasteiger partial charge < -0.3 is 14.6 Å². The summed E-state index contributed by atoms with van der Waals surface area (Å²) in [6.45, 7) is 1.83. The van der Waals surface area contributed by atoms with Crippen molar-refractivity contribution in [3.63, 3.8) is 0 Å². The molecule has 0 saturated carbocycles. The van der Waals surface area contributed by atoms with E-state index in [4.69, 9.17) is 4.42 Å². The first-order valence-electron chi connectivity index (χ1n) is 7.27. The molecule has 1 saturated heterocycles. The number of nitrogens with zero attached hydrogens (tertiary/aromatic N) is 2. The molecule has 23 heavy (non-hydrogen) atoms. The Hall–Kier alpha value is -2.28. The van der Waals surface area contributed by atoms with Gasteiger partial charge in [-0.05, 0) is 18.2 Å². The maximum Gasteiger partial charge on any atom is 0.244 e. The van der Waals surface area contributed by atoms with Gasteiger partial charge >= 0.3 is 0 Å². The third-order valence-corrected chi connectivity index (χ3v) is 4.99. The Kier molecular flexibility index (Phi) is 4.66. The monoisotopic (exact) mass is 331 g/mol. The first-order chi connectivity index (χ1) is 11.2. The van der Waals surface area contributed by atoms with Gasteiger partial charge in [-0.2, -0.15) is 0 Å². The molecule has 7 heteroatoms. The number of pyridine rings is 1. The highest BCUT2D eigenvalue weighted by Crippen LogP contribution is 2.41. The zero-order valence-corrected chi connectivity index (χ0v) is 13.5. The minimum atomic E-state index is -0.485. The lowest BCUT2D eigenvalue weighted by atomic mass is 10.2. The van der Waals surface area contributed by atoms with Gasteiger partial charge in [-0.25, -0.2) is 0 Å². The highest BCUT2D eigenvalue weighted by molar-refractivity contribution is 7.99. The van der Waals surface area contributed by atoms with E-state index < -0.39 is 6.04 Å². The topological polar surface area (TPSA) is 75.4 Å². The SMILES string of the molecule is CC(=O)N1C(C(=O)NCc2ccccn2)CSC1c1ccoc1. The van der Waals surface area contributed by atoms with Crippen LogP contribution in [-0.4, -0.2) is 33.5 Å². The number of carbonyl (C=O) groups is 2. The molecule has 1 aliphatic heterocycles. The van der Waals surface area contributed by atoms with Gasteiger partial charge in [0.15, 0.2) is 0 Å². The van der Waals surface area contributed by atoms with Gasteiger partial charge in [0, 0.05) is 24.4 Å². The average Bonchev–Trinajstić information content (AvgIpc) is 3.22. The summed E-state index contributed by atoms with van der Waals surface area (Å²) in [5, 5.41) is 2.68. The molecule has 0 aromatic carbocycles. The lowest BCUT2D eigenvalue weighted by Crippen LogP contribution is -2.47. The molecule has 2 aromatic rings. The number of aromatic nitrogens is 1. The van der Waals surface area contributed by atoms with E-state index in [1.54, 1.807) is 35.4 Å². The Morgan fingerprint density at radius 1 is 1.43 bits per heavy atom. The van der Waals surface area contributed by atoms with E-state index in [0.717, 1.165) is 11.3 Å². The van der Waals surface area contributed by atoms with E-state index in [1.165, 1.54) is 6.92 Å². The summed E-state index contributed by atoms with van der Waals surface area (Å²) in [6, 6.07) is 6.88. The largest absolute Gasteiger partial charge is 0.472 e. The minimum Gasteiger partial charge on any atom is -0.472 e. The van der Waals surface area contributed by atoms with Crippen LogP contribution >= 0.6 is 11.8 Å². The van der Waals surface area contributed by atoms with Crippen molar-refractivity contribution in [2.75, 3.05) is 5.75 Å². The minimum absolute atomic E-state index is 0.126. The Bertz CT molecular complexity index is 675. The van der Waals surface area contributed by atoms with E-state index in [9.17, 15) is 9.59 Å². The van der Waals surface area contributed by atoms with Crippen LogP contribution in [0.5, 0.6) is 0 Å². The van der Waals surface area contributed by atoms with Gasteiger partial charge in [-0.15, -0.1) is 11.8 Å². The second-order valence-corrected chi connectivity index (χ2v) is 6.34. The summed E-state index contributed by atoms with van der Waals surface area (Å²) < 4.78 is 5.10. The molecule has 1 fully saturated rings. The van der Waals surface area contributed by atoms with Gasteiger partial charge in [0.05, 0.1) is 24.8 Å². The Balaban J connectivity index is 1.69. The van der Waals surface area contributed by atoms with E-state index in [0.29, 0.717) is 12.3 Å². The van der Waals surface area contributed by atoms with Crippen molar-refractivity contribution in [3.8, 4) is 0 Å². The molecule has 0 radical (unpaired) electrons. The lowest BCUT2D eigenvalue weighted by molar-refractivity contribution is -0.138. The molecule has 3 heterocycles. The predicted octanol–water partition coefficient (Wildman–Crippen LogP) is 1.95. The van der Waals surface area contributed by atoms with E-state index in [-0.39, 0.29) is 17.2 Å². The lowest BCUT2D eigenvalue weighted by Gasteiger charge is -2.27. The van der Waals surface area contributed by atoms with E-state index in [1.807, 2.05) is 24.3 Å². The van der Waals surface area contributed by atoms with Crippen molar-refractivity contribution in [2.45, 2.75) is 24.9 Å². The molecular weight excluding hydrogens is 314 g/mol. The zero-order valence-electron chi connectivity index (χ0n) is 12.6. The summed E-state index contributed by atoms with van der Waals surface area (Å²) in [5.74, 6) is 0.271. The number of nitrogens with one attached hydrogen (secondary N) is 1. The molecule has 6 nitrogen and oxygen atoms in total. The fourth-order valence-electron chi connectivity index (χ4n) is 2.56. The Labute approximate surface area is 138 Å². The number of rotatable bonds is 4. The van der Waals surface area contributed by atoms with Gasteiger partial charge in [-0.1, -0.05) is 6.07 Å². The van der Waals surface area contributed by atoms with Crippen molar-refractivity contribution in [2.24, 2.45) is 0 Å². The predicted molar refractivity (Wildman–Crippen MR) is 86.3 cm³/mol. The molecular formula is C16H17N3O3S. The summed E-state index contributed by atoms with van der Waals surface area (Å²) in [5.41, 5.74) is 1.68. The van der Waals surface area contributed by atoms with Crippen LogP contribution in [0.4, 0.5) is 0 Å². The second-order valence-electron chi connectivity index (χ2n) is 5.22. The fourth-order valence-corrected chi connectivity index (χ4v) is 4.02. The zero-order chi connectivity index (χ0) is 16.2. The first kappa shape index (κ1) is 15.6. The number of furan rings is 1. The maximum atomic E-state index is 12.5. The third-order valence-electron chi connectivity index (χ3n) is 3.66. The number of amides is 2. The number of carbonyl (C=O) groups excluding carboxylic acids is 2. The molecule has 0 bridgehead atoms. The van der Waals surface area contributed by atoms with Gasteiger partial charge in [0.2, 0.25) is 11.8 Å². The van der Waals surface area contributed by atoms with Crippen LogP contribution in [-0.2, 0) is 16.1 Å². The van der Waals surface area contributed by atoms with Crippen LogP contribution in [0.1, 0.15) is 23.6 Å². The highest BCUT2D eigenvalue weighted by Gasteiger charge is 2.41. The van der Waals surface area contributed by atoms with Crippen molar-refractivity contribution in [1.82, 2.24) is 15.2 Å². The standard InChI is InChI=1S/C16H17N3O3S/c1-11(20)19-14(10-23-16(19)12-5-7-22-9-12)15(21)18-8-13-4-2-3-6-17-13/h2-7,9,14,16H,8,10H2,1H3,(H,18,21). The summed E-state index contributed by atoms with van der Waals surface area (Å²) in [4.78, 5) is 30.3. The van der Waals surface area contributed by atoms with Crippen LogP contribution in [0.15, 0.2) is 47.4 Å². The van der Waals surface area contributed by atoms with Crippen molar-refractivity contribution < 1.29 is 14.0 Å². The van der Waals surface area contributed by atoms with Crippen LogP contribution in [0.2, 0.25) is 0 Å². The molecule has 2 atom stereocenters. The number of hydrogen-bond acceptors (Lipinski definition) is 5. The van der Waals surface area contributed by atoms with Crippen molar-refractivity contribution in [3.05, 3.63) is 54.2 Å². The normalized spacial score (nSPS) is 20.5. The van der Waals surface area contributed by atoms with Gasteiger partial charge in [0.1, 0.15) is 11.4 Å². The molecule has 1 N–H and O–H groups in total. The molecule has 0 aliphatic carbocycles. The van der Waals surface area contributed by atoms with Gasteiger partial charge in [0.25, 0.3) is 0 Å². The maximum absolute atomic E-state index is 12.5. The number of hydrogen-bond donors (Lipinski definition) is 1. The molecule has 120 valence electrons. The first-order valence-corrected chi connectivity index (χ1v) is 8.32. The van der Waals surface area contributed by atoms with Crippen LogP contribution in [0.25, 0.3) is 0 Å². The second kappa shape index (κ2) is 6.87. The quantitative estimate of drug-likeness (QED) is 0.927. The molecule has 2 unspecified atom stereocenters. The molecule has 3 rings (SSSR count). The number of thioether (sulfide) groups is 1. The van der Waals surface area contributed by atoms with Crippen molar-refractivity contribution >= 4 is 23.6 Å². The summed E-state index contributed by atoms with van der Waals surface area (Å²) in [6.07, 6.45) is 4.87. The summed E-state index contributed by atoms with van der Waals surface area (Å²) in [7, 11) is 0. The molecule has 0 spiro atoms. The van der Waals surface area contributed by atoms with Crippen LogP contribution in [0.3, 0.4) is 0 Å². The molecule has 1 aliphatic rings. The van der Waals surface area contributed by atoms with E-state index >= 15 is 0 Å². The molecule has 2 amide bonds. The highest BCUT2D eigenvalue weighted by atomic mass is 32.2. The smallest absolute Gasteiger partial charge is 0.244 e. The Morgan fingerprint density at radius 3 is 2.96 bits per heavy atom. The fraction of sp³-hybridized carbons (Fsp3) is 0.312. The van der Waals surface area contributed by atoms with Crippen molar-refractivity contribution in [1.29, 1.82) is 0 Å². The van der Waals surface area contributed by atoms with Crippen LogP contribution < -0.4 is 5.32 Å². The molecule has 2 aromatic heterocycles. The van der Waals surface area contributed by atoms with E-state index in [2.05, 4.69) is 10.3 Å². The Morgan fingerprint density at radius 2 is 2.30 bits per heavy atom.